The van der Waals surface area contributed by atoms with E-state index in [-0.39, 0.29) is 0 Å². The molecule has 94 valence electrons. The summed E-state index contributed by atoms with van der Waals surface area (Å²) in [4.78, 5) is 0. The second-order valence-electron chi connectivity index (χ2n) is 3.57. The monoisotopic (exact) mass is 302 g/mol. The summed E-state index contributed by atoms with van der Waals surface area (Å²) in [5.74, 6) is 4.69. The Kier molecular flexibility index (Phi) is 11.9. The van der Waals surface area contributed by atoms with Crippen molar-refractivity contribution >= 4 is 47.0 Å². The maximum Gasteiger partial charge on any atom is 0.00572 e. The molecule has 0 radical (unpaired) electrons. The molecule has 17 heavy (non-hydrogen) atoms. The summed E-state index contributed by atoms with van der Waals surface area (Å²) >= 11 is 7.07. The summed E-state index contributed by atoms with van der Waals surface area (Å²) in [5, 5.41) is 12.7. The van der Waals surface area contributed by atoms with Crippen LogP contribution in [0.15, 0.2) is 0 Å². The fourth-order valence-electron chi connectivity index (χ4n) is 1.20. The fraction of sp³-hybridized carbons (Fsp3) is 0.692. The van der Waals surface area contributed by atoms with Gasteiger partial charge in [0.1, 0.15) is 0 Å². The largest absolute Gasteiger partial charge is 0.0742 e. The van der Waals surface area contributed by atoms with Gasteiger partial charge in [-0.2, -0.15) is 0 Å². The topological polar surface area (TPSA) is 0 Å². The average molecular weight is 303 g/mol. The SMILES string of the molecule is C1#CSCCCCSC#CSCCCCCS1. The van der Waals surface area contributed by atoms with Gasteiger partial charge in [-0.05, 0) is 46.7 Å². The van der Waals surface area contributed by atoms with E-state index in [0.717, 1.165) is 11.5 Å². The van der Waals surface area contributed by atoms with Crippen LogP contribution in [0.3, 0.4) is 0 Å². The molecule has 1 aliphatic heterocycles. The summed E-state index contributed by atoms with van der Waals surface area (Å²) in [6, 6.07) is 0. The van der Waals surface area contributed by atoms with Crippen LogP contribution in [0.25, 0.3) is 0 Å². The van der Waals surface area contributed by atoms with Crippen molar-refractivity contribution in [3.63, 3.8) is 0 Å². The first-order valence-electron chi connectivity index (χ1n) is 5.97. The third kappa shape index (κ3) is 11.3. The van der Waals surface area contributed by atoms with E-state index in [1.54, 1.807) is 47.0 Å². The zero-order valence-electron chi connectivity index (χ0n) is 10.00. The van der Waals surface area contributed by atoms with Crippen LogP contribution < -0.4 is 0 Å². The molecule has 0 saturated heterocycles. The summed E-state index contributed by atoms with van der Waals surface area (Å²) in [6.45, 7) is 0. The maximum absolute atomic E-state index is 3.17. The molecule has 0 amide bonds. The zero-order valence-corrected chi connectivity index (χ0v) is 13.3. The minimum Gasteiger partial charge on any atom is -0.0742 e. The Labute approximate surface area is 123 Å². The van der Waals surface area contributed by atoms with Gasteiger partial charge in [-0.1, -0.05) is 53.5 Å². The van der Waals surface area contributed by atoms with Crippen LogP contribution in [0.4, 0.5) is 0 Å². The molecule has 0 bridgehead atoms. The lowest BCUT2D eigenvalue weighted by atomic mass is 10.3. The molecule has 1 heterocycles. The highest BCUT2D eigenvalue weighted by atomic mass is 32.2. The van der Waals surface area contributed by atoms with Crippen LogP contribution in [0.1, 0.15) is 32.1 Å². The van der Waals surface area contributed by atoms with Gasteiger partial charge in [0.2, 0.25) is 0 Å². The van der Waals surface area contributed by atoms with E-state index >= 15 is 0 Å². The van der Waals surface area contributed by atoms with E-state index in [2.05, 4.69) is 21.0 Å². The highest BCUT2D eigenvalue weighted by Gasteiger charge is 1.91. The Balaban J connectivity index is 2.18. The molecule has 0 saturated carbocycles. The quantitative estimate of drug-likeness (QED) is 0.593. The highest BCUT2D eigenvalue weighted by molar-refractivity contribution is 8.07. The Bertz CT molecular complexity index is 262. The first kappa shape index (κ1) is 15.6. The van der Waals surface area contributed by atoms with Gasteiger partial charge in [0.05, 0.1) is 0 Å². The summed E-state index contributed by atoms with van der Waals surface area (Å²) in [7, 11) is 0. The molecule has 0 aromatic rings. The average Bonchev–Trinajstić information content (AvgIpc) is 2.35. The van der Waals surface area contributed by atoms with Gasteiger partial charge in [-0.25, -0.2) is 0 Å². The molecule has 0 aromatic carbocycles. The molecule has 0 aliphatic carbocycles. The summed E-state index contributed by atoms with van der Waals surface area (Å²) in [5.41, 5.74) is 0. The lowest BCUT2D eigenvalue weighted by Gasteiger charge is -1.95. The fourth-order valence-corrected chi connectivity index (χ4v) is 3.94. The second-order valence-corrected chi connectivity index (χ2v) is 7.17. The minimum atomic E-state index is 1.16. The van der Waals surface area contributed by atoms with Crippen molar-refractivity contribution in [3.05, 3.63) is 0 Å². The van der Waals surface area contributed by atoms with Crippen molar-refractivity contribution in [3.8, 4) is 21.0 Å². The van der Waals surface area contributed by atoms with Crippen LogP contribution in [-0.2, 0) is 0 Å². The van der Waals surface area contributed by atoms with Gasteiger partial charge < -0.3 is 0 Å². The third-order valence-electron chi connectivity index (χ3n) is 2.11. The zero-order chi connectivity index (χ0) is 12.0. The van der Waals surface area contributed by atoms with Crippen LogP contribution in [0, 0.1) is 21.0 Å². The molecule has 1 rings (SSSR count). The van der Waals surface area contributed by atoms with Crippen molar-refractivity contribution in [2.75, 3.05) is 23.0 Å². The van der Waals surface area contributed by atoms with Gasteiger partial charge in [-0.3, -0.25) is 0 Å². The molecule has 0 N–H and O–H groups in total. The van der Waals surface area contributed by atoms with Crippen LogP contribution in [0.5, 0.6) is 0 Å². The number of hydrogen-bond donors (Lipinski definition) is 0. The first-order chi connectivity index (χ1) is 8.50. The van der Waals surface area contributed by atoms with Gasteiger partial charge in [0, 0.05) is 23.0 Å². The third-order valence-corrected chi connectivity index (χ3v) is 5.32. The Morgan fingerprint density at radius 2 is 0.706 bits per heavy atom. The van der Waals surface area contributed by atoms with Crippen molar-refractivity contribution in [1.29, 1.82) is 0 Å². The Morgan fingerprint density at radius 3 is 1.06 bits per heavy atom. The Morgan fingerprint density at radius 1 is 0.412 bits per heavy atom. The second kappa shape index (κ2) is 13.0. The van der Waals surface area contributed by atoms with Gasteiger partial charge in [-0.15, -0.1) is 0 Å². The molecule has 0 unspecified atom stereocenters. The normalized spacial score (nSPS) is 20.2. The number of thioether (sulfide) groups is 4. The molecule has 0 fully saturated rings. The van der Waals surface area contributed by atoms with Gasteiger partial charge in [0.25, 0.3) is 0 Å². The highest BCUT2D eigenvalue weighted by Crippen LogP contribution is 2.12. The number of rotatable bonds is 0. The lowest BCUT2D eigenvalue weighted by Crippen LogP contribution is -1.82. The van der Waals surface area contributed by atoms with Crippen molar-refractivity contribution in [2.24, 2.45) is 0 Å². The van der Waals surface area contributed by atoms with Gasteiger partial charge in [0.15, 0.2) is 0 Å². The minimum absolute atomic E-state index is 1.16. The first-order valence-corrected chi connectivity index (χ1v) is 9.91. The molecular weight excluding hydrogens is 284 g/mol. The maximum atomic E-state index is 3.17. The van der Waals surface area contributed by atoms with Crippen LogP contribution >= 0.6 is 47.0 Å². The molecule has 0 aromatic heterocycles. The van der Waals surface area contributed by atoms with Crippen molar-refractivity contribution < 1.29 is 0 Å². The van der Waals surface area contributed by atoms with E-state index in [1.807, 2.05) is 0 Å². The molecule has 0 spiro atoms. The van der Waals surface area contributed by atoms with Gasteiger partial charge >= 0.3 is 0 Å². The molecule has 4 heteroatoms. The molecule has 0 atom stereocenters. The number of hydrogen-bond acceptors (Lipinski definition) is 4. The standard InChI is InChI=1S/C13H18S4/c1-2-6-14-10-12-16-8-4-5-9-17-13-11-15-7-3-1/h1-9H2. The molecule has 0 nitrogen and oxygen atoms in total. The van der Waals surface area contributed by atoms with E-state index < -0.39 is 0 Å². The van der Waals surface area contributed by atoms with E-state index in [4.69, 9.17) is 0 Å². The summed E-state index contributed by atoms with van der Waals surface area (Å²) in [6.07, 6.45) is 6.39. The predicted molar refractivity (Wildman–Crippen MR) is 88.5 cm³/mol. The van der Waals surface area contributed by atoms with E-state index in [1.165, 1.54) is 43.6 Å². The van der Waals surface area contributed by atoms with E-state index in [9.17, 15) is 0 Å². The van der Waals surface area contributed by atoms with Crippen LogP contribution in [0.2, 0.25) is 0 Å². The molecular formula is C13H18S4. The molecule has 1 aliphatic rings. The predicted octanol–water partition coefficient (Wildman–Crippen LogP) is 4.72. The lowest BCUT2D eigenvalue weighted by molar-refractivity contribution is 0.787. The van der Waals surface area contributed by atoms with E-state index in [0.29, 0.717) is 0 Å². The van der Waals surface area contributed by atoms with Crippen molar-refractivity contribution in [1.82, 2.24) is 0 Å². The Hall–Kier alpha value is 0.520. The smallest absolute Gasteiger partial charge is 0.00572 e. The summed E-state index contributed by atoms with van der Waals surface area (Å²) < 4.78 is 0. The van der Waals surface area contributed by atoms with Crippen molar-refractivity contribution in [2.45, 2.75) is 32.1 Å². The van der Waals surface area contributed by atoms with Crippen LogP contribution in [-0.4, -0.2) is 23.0 Å².